The van der Waals surface area contributed by atoms with Crippen LogP contribution in [0.5, 0.6) is 0 Å². The molecule has 1 aromatic carbocycles. The van der Waals surface area contributed by atoms with Crippen molar-refractivity contribution in [1.82, 2.24) is 9.80 Å². The topological polar surface area (TPSA) is 32.8 Å². The van der Waals surface area contributed by atoms with Crippen molar-refractivity contribution in [2.75, 3.05) is 32.8 Å². The van der Waals surface area contributed by atoms with Crippen molar-refractivity contribution >= 4 is 17.5 Å². The minimum absolute atomic E-state index is 0.172. The predicted octanol–water partition coefficient (Wildman–Crippen LogP) is 2.20. The third-order valence-electron chi connectivity index (χ3n) is 5.37. The van der Waals surface area contributed by atoms with Crippen LogP contribution in [0.3, 0.4) is 0 Å². The van der Waals surface area contributed by atoms with E-state index >= 15 is 0 Å². The zero-order chi connectivity index (χ0) is 15.8. The number of halogens is 1. The van der Waals surface area contributed by atoms with Crippen molar-refractivity contribution in [1.29, 1.82) is 0 Å². The van der Waals surface area contributed by atoms with Gasteiger partial charge in [0.2, 0.25) is 5.91 Å². The Bertz CT molecular complexity index is 590. The molecule has 1 amide bonds. The number of fused-ring (bicyclic) bond motifs is 1. The molecule has 0 N–H and O–H groups in total. The molecule has 0 unspecified atom stereocenters. The van der Waals surface area contributed by atoms with Crippen molar-refractivity contribution in [3.8, 4) is 0 Å². The number of hydrogen-bond acceptors (Lipinski definition) is 3. The average molecular weight is 335 g/mol. The van der Waals surface area contributed by atoms with Crippen LogP contribution in [0.4, 0.5) is 0 Å². The van der Waals surface area contributed by atoms with E-state index in [4.69, 9.17) is 16.3 Å². The largest absolute Gasteiger partial charge is 0.378 e. The number of morpholine rings is 1. The van der Waals surface area contributed by atoms with Crippen LogP contribution < -0.4 is 0 Å². The van der Waals surface area contributed by atoms with E-state index in [9.17, 15) is 4.79 Å². The molecule has 23 heavy (non-hydrogen) atoms. The quantitative estimate of drug-likeness (QED) is 0.849. The van der Waals surface area contributed by atoms with E-state index in [1.54, 1.807) is 0 Å². The van der Waals surface area contributed by atoms with Gasteiger partial charge in [0.15, 0.2) is 0 Å². The molecule has 1 aliphatic carbocycles. The van der Waals surface area contributed by atoms with Crippen molar-refractivity contribution in [3.63, 3.8) is 0 Å². The van der Waals surface area contributed by atoms with Crippen LogP contribution in [-0.4, -0.2) is 60.6 Å². The van der Waals surface area contributed by atoms with E-state index in [0.29, 0.717) is 23.5 Å². The van der Waals surface area contributed by atoms with Gasteiger partial charge in [-0.15, -0.1) is 0 Å². The van der Waals surface area contributed by atoms with Crippen LogP contribution in [-0.2, 0) is 16.0 Å². The third-order valence-corrected chi connectivity index (χ3v) is 5.74. The van der Waals surface area contributed by atoms with Gasteiger partial charge in [-0.2, -0.15) is 0 Å². The van der Waals surface area contributed by atoms with Gasteiger partial charge < -0.3 is 9.64 Å². The molecule has 2 atom stereocenters. The third kappa shape index (κ3) is 3.25. The molecule has 124 valence electrons. The van der Waals surface area contributed by atoms with E-state index in [0.717, 1.165) is 44.3 Å². The number of amides is 1. The SMILES string of the molecule is O=C(Cc1ccccc1Cl)N1CCN2[C@@H](COC[C@@H]2C2CC2)C1. The molecule has 1 saturated carbocycles. The molecular formula is C18H23ClN2O2. The van der Waals surface area contributed by atoms with Gasteiger partial charge in [-0.25, -0.2) is 0 Å². The van der Waals surface area contributed by atoms with Gasteiger partial charge in [0.25, 0.3) is 0 Å². The van der Waals surface area contributed by atoms with Crippen LogP contribution in [0.1, 0.15) is 18.4 Å². The average Bonchev–Trinajstić information content (AvgIpc) is 3.40. The molecule has 0 radical (unpaired) electrons. The van der Waals surface area contributed by atoms with Gasteiger partial charge in [0, 0.05) is 30.7 Å². The highest BCUT2D eigenvalue weighted by Gasteiger charge is 2.43. The predicted molar refractivity (Wildman–Crippen MR) is 89.6 cm³/mol. The molecule has 3 fully saturated rings. The number of ether oxygens (including phenoxy) is 1. The van der Waals surface area contributed by atoms with Crippen molar-refractivity contribution in [2.24, 2.45) is 5.92 Å². The number of nitrogens with zero attached hydrogens (tertiary/aromatic N) is 2. The minimum atomic E-state index is 0.172. The highest BCUT2D eigenvalue weighted by atomic mass is 35.5. The highest BCUT2D eigenvalue weighted by molar-refractivity contribution is 6.31. The van der Waals surface area contributed by atoms with Gasteiger partial charge in [-0.3, -0.25) is 9.69 Å². The fourth-order valence-electron chi connectivity index (χ4n) is 3.91. The maximum Gasteiger partial charge on any atom is 0.227 e. The Labute approximate surface area is 142 Å². The lowest BCUT2D eigenvalue weighted by Gasteiger charge is -2.48. The number of carbonyl (C=O) groups is 1. The first-order valence-electron chi connectivity index (χ1n) is 8.57. The summed E-state index contributed by atoms with van der Waals surface area (Å²) >= 11 is 6.18. The summed E-state index contributed by atoms with van der Waals surface area (Å²) in [4.78, 5) is 17.2. The summed E-state index contributed by atoms with van der Waals surface area (Å²) in [5.74, 6) is 0.995. The Morgan fingerprint density at radius 1 is 1.22 bits per heavy atom. The van der Waals surface area contributed by atoms with Gasteiger partial charge in [-0.05, 0) is 30.4 Å². The summed E-state index contributed by atoms with van der Waals surface area (Å²) in [6.45, 7) is 4.20. The van der Waals surface area contributed by atoms with E-state index in [2.05, 4.69) is 4.90 Å². The fraction of sp³-hybridized carbons (Fsp3) is 0.611. The normalized spacial score (nSPS) is 28.5. The number of piperazine rings is 1. The maximum atomic E-state index is 12.6. The first-order chi connectivity index (χ1) is 11.2. The monoisotopic (exact) mass is 334 g/mol. The van der Waals surface area contributed by atoms with Crippen molar-refractivity contribution in [3.05, 3.63) is 34.9 Å². The second-order valence-electron chi connectivity index (χ2n) is 6.94. The highest BCUT2D eigenvalue weighted by Crippen LogP contribution is 2.38. The number of carbonyl (C=O) groups excluding carboxylic acids is 1. The Morgan fingerprint density at radius 2 is 2.04 bits per heavy atom. The standard InChI is InChI=1S/C18H23ClN2O2/c19-16-4-2-1-3-14(16)9-18(22)20-7-8-21-15(10-20)11-23-12-17(21)13-5-6-13/h1-4,13,15,17H,5-12H2/t15-,17-/m1/s1. The summed E-state index contributed by atoms with van der Waals surface area (Å²) < 4.78 is 5.82. The molecule has 0 spiro atoms. The molecule has 2 heterocycles. The smallest absolute Gasteiger partial charge is 0.227 e. The Morgan fingerprint density at radius 3 is 2.83 bits per heavy atom. The number of rotatable bonds is 3. The van der Waals surface area contributed by atoms with E-state index < -0.39 is 0 Å². The zero-order valence-corrected chi connectivity index (χ0v) is 14.0. The van der Waals surface area contributed by atoms with Gasteiger partial charge in [0.05, 0.1) is 25.7 Å². The molecule has 2 aliphatic heterocycles. The van der Waals surface area contributed by atoms with E-state index in [1.807, 2.05) is 29.2 Å². The van der Waals surface area contributed by atoms with Crippen molar-refractivity contribution in [2.45, 2.75) is 31.3 Å². The van der Waals surface area contributed by atoms with Crippen molar-refractivity contribution < 1.29 is 9.53 Å². The molecule has 3 aliphatic rings. The van der Waals surface area contributed by atoms with E-state index in [-0.39, 0.29) is 5.91 Å². The van der Waals surface area contributed by atoms with E-state index in [1.165, 1.54) is 12.8 Å². The molecule has 1 aromatic rings. The lowest BCUT2D eigenvalue weighted by atomic mass is 10.0. The lowest BCUT2D eigenvalue weighted by Crippen LogP contribution is -2.63. The van der Waals surface area contributed by atoms with Gasteiger partial charge >= 0.3 is 0 Å². The van der Waals surface area contributed by atoms with Crippen LogP contribution in [0.2, 0.25) is 5.02 Å². The molecule has 4 rings (SSSR count). The first kappa shape index (κ1) is 15.4. The summed E-state index contributed by atoms with van der Waals surface area (Å²) in [6.07, 6.45) is 3.07. The molecule has 0 aromatic heterocycles. The second kappa shape index (κ2) is 6.42. The fourth-order valence-corrected chi connectivity index (χ4v) is 4.11. The molecule has 4 nitrogen and oxygen atoms in total. The van der Waals surface area contributed by atoms with Crippen LogP contribution in [0.15, 0.2) is 24.3 Å². The summed E-state index contributed by atoms with van der Waals surface area (Å²) in [7, 11) is 0. The summed E-state index contributed by atoms with van der Waals surface area (Å²) in [5, 5.41) is 0.675. The zero-order valence-electron chi connectivity index (χ0n) is 13.3. The molecule has 0 bridgehead atoms. The summed E-state index contributed by atoms with van der Waals surface area (Å²) in [6, 6.07) is 8.54. The van der Waals surface area contributed by atoms with Crippen LogP contribution in [0.25, 0.3) is 0 Å². The molecular weight excluding hydrogens is 312 g/mol. The van der Waals surface area contributed by atoms with Crippen LogP contribution in [0, 0.1) is 5.92 Å². The number of benzene rings is 1. The van der Waals surface area contributed by atoms with Crippen LogP contribution >= 0.6 is 11.6 Å². The lowest BCUT2D eigenvalue weighted by molar-refractivity contribution is -0.139. The minimum Gasteiger partial charge on any atom is -0.378 e. The maximum absolute atomic E-state index is 12.6. The molecule has 2 saturated heterocycles. The number of hydrogen-bond donors (Lipinski definition) is 0. The first-order valence-corrected chi connectivity index (χ1v) is 8.95. The Balaban J connectivity index is 1.39. The summed E-state index contributed by atoms with van der Waals surface area (Å²) in [5.41, 5.74) is 0.914. The molecule has 5 heteroatoms. The Kier molecular flexibility index (Phi) is 4.31. The Hall–Kier alpha value is -1.10. The van der Waals surface area contributed by atoms with Gasteiger partial charge in [-0.1, -0.05) is 29.8 Å². The van der Waals surface area contributed by atoms with Gasteiger partial charge in [0.1, 0.15) is 0 Å². The second-order valence-corrected chi connectivity index (χ2v) is 7.35.